The number of hydrogen-bond acceptors (Lipinski definition) is 3. The van der Waals surface area contributed by atoms with Gasteiger partial charge in [0.15, 0.2) is 0 Å². The van der Waals surface area contributed by atoms with E-state index in [0.717, 1.165) is 16.8 Å². The van der Waals surface area contributed by atoms with Crippen molar-refractivity contribution in [3.05, 3.63) is 71.3 Å². The monoisotopic (exact) mass is 374 g/mol. The Kier molecular flexibility index (Phi) is 4.59. The zero-order chi connectivity index (χ0) is 19.8. The summed E-state index contributed by atoms with van der Waals surface area (Å²) in [5.74, 6) is -1.03. The molecule has 1 aliphatic heterocycles. The van der Waals surface area contributed by atoms with Crippen LogP contribution < -0.4 is 10.2 Å². The summed E-state index contributed by atoms with van der Waals surface area (Å²) in [6.45, 7) is 3.90. The highest BCUT2D eigenvalue weighted by Gasteiger charge is 2.47. The van der Waals surface area contributed by atoms with Crippen molar-refractivity contribution >= 4 is 29.1 Å². The maximum atomic E-state index is 12.7. The van der Waals surface area contributed by atoms with Gasteiger partial charge < -0.3 is 5.32 Å². The van der Waals surface area contributed by atoms with Crippen molar-refractivity contribution in [3.8, 4) is 0 Å². The molecule has 3 amide bonds. The van der Waals surface area contributed by atoms with E-state index in [1.807, 2.05) is 44.2 Å². The van der Waals surface area contributed by atoms with Crippen molar-refractivity contribution < 1.29 is 14.4 Å². The predicted molar refractivity (Wildman–Crippen MR) is 108 cm³/mol. The van der Waals surface area contributed by atoms with Gasteiger partial charge in [-0.25, -0.2) is 0 Å². The number of para-hydroxylation sites is 1. The lowest BCUT2D eigenvalue weighted by atomic mass is 9.85. The zero-order valence-corrected chi connectivity index (χ0v) is 15.9. The van der Waals surface area contributed by atoms with Gasteiger partial charge in [0.2, 0.25) is 11.8 Å². The average molecular weight is 374 g/mol. The van der Waals surface area contributed by atoms with Crippen LogP contribution >= 0.6 is 0 Å². The van der Waals surface area contributed by atoms with Gasteiger partial charge in [-0.15, -0.1) is 0 Å². The van der Waals surface area contributed by atoms with E-state index in [4.69, 9.17) is 0 Å². The number of fused-ring (bicyclic) bond motifs is 1. The maximum Gasteiger partial charge on any atom is 0.255 e. The Morgan fingerprint density at radius 1 is 0.893 bits per heavy atom. The first kappa shape index (κ1) is 18.2. The number of hydrogen-bond donors (Lipinski definition) is 1. The molecule has 142 valence electrons. The molecule has 28 heavy (non-hydrogen) atoms. The Morgan fingerprint density at radius 3 is 1.96 bits per heavy atom. The van der Waals surface area contributed by atoms with Crippen molar-refractivity contribution in [3.63, 3.8) is 0 Å². The summed E-state index contributed by atoms with van der Waals surface area (Å²) < 4.78 is 0. The molecule has 0 aromatic heterocycles. The van der Waals surface area contributed by atoms with Crippen molar-refractivity contribution in [1.29, 1.82) is 0 Å². The molecule has 2 aliphatic rings. The highest BCUT2D eigenvalue weighted by molar-refractivity contribution is 6.22. The molecule has 0 unspecified atom stereocenters. The van der Waals surface area contributed by atoms with E-state index in [1.54, 1.807) is 24.3 Å². The van der Waals surface area contributed by atoms with E-state index in [-0.39, 0.29) is 29.6 Å². The number of rotatable bonds is 3. The van der Waals surface area contributed by atoms with Crippen molar-refractivity contribution in [2.75, 3.05) is 10.2 Å². The first-order valence-corrected chi connectivity index (χ1v) is 9.48. The molecule has 1 fully saturated rings. The van der Waals surface area contributed by atoms with Gasteiger partial charge >= 0.3 is 0 Å². The summed E-state index contributed by atoms with van der Waals surface area (Å²) in [5, 5.41) is 2.95. The van der Waals surface area contributed by atoms with E-state index in [2.05, 4.69) is 5.32 Å². The van der Waals surface area contributed by atoms with Crippen LogP contribution in [0.15, 0.2) is 54.6 Å². The van der Waals surface area contributed by atoms with Gasteiger partial charge in [0.05, 0.1) is 17.5 Å². The average Bonchev–Trinajstić information content (AvgIpc) is 2.96. The minimum Gasteiger partial charge on any atom is -0.322 e. The van der Waals surface area contributed by atoms with Crippen LogP contribution in [0.25, 0.3) is 0 Å². The van der Waals surface area contributed by atoms with Gasteiger partial charge in [-0.05, 0) is 62.1 Å². The fourth-order valence-corrected chi connectivity index (χ4v) is 4.01. The quantitative estimate of drug-likeness (QED) is 0.652. The molecular weight excluding hydrogens is 352 g/mol. The van der Waals surface area contributed by atoms with E-state index in [1.165, 1.54) is 4.90 Å². The van der Waals surface area contributed by atoms with Gasteiger partial charge in [-0.3, -0.25) is 19.3 Å². The number of carbonyl (C=O) groups is 3. The Hall–Kier alpha value is -3.21. The van der Waals surface area contributed by atoms with E-state index >= 15 is 0 Å². The van der Waals surface area contributed by atoms with Crippen molar-refractivity contribution in [2.24, 2.45) is 11.8 Å². The number of nitrogens with one attached hydrogen (secondary N) is 1. The number of imide groups is 1. The van der Waals surface area contributed by atoms with Gasteiger partial charge in [0, 0.05) is 11.3 Å². The number of anilines is 2. The lowest BCUT2D eigenvalue weighted by molar-refractivity contribution is -0.122. The molecule has 0 radical (unpaired) electrons. The Labute approximate surface area is 164 Å². The van der Waals surface area contributed by atoms with Crippen LogP contribution in [-0.2, 0) is 9.59 Å². The summed E-state index contributed by atoms with van der Waals surface area (Å²) in [5.41, 5.74) is 3.79. The molecule has 2 aromatic rings. The standard InChI is InChI=1S/C23H22N2O3/c1-14-6-5-7-15(2)20(14)24-21(26)16-10-12-17(13-11-16)25-22(27)18-8-3-4-9-19(18)23(25)28/h3-7,10-13,18-19H,8-9H2,1-2H3,(H,24,26)/t18-,19-/m0/s1. The SMILES string of the molecule is Cc1cccc(C)c1NC(=O)c1ccc(N2C(=O)[C@H]3CC=CC[C@@H]3C2=O)cc1. The summed E-state index contributed by atoms with van der Waals surface area (Å²) in [4.78, 5) is 39.2. The van der Waals surface area contributed by atoms with Crippen molar-refractivity contribution in [2.45, 2.75) is 26.7 Å². The second-order valence-corrected chi connectivity index (χ2v) is 7.44. The summed E-state index contributed by atoms with van der Waals surface area (Å²) in [6.07, 6.45) is 5.16. The van der Waals surface area contributed by atoms with Gasteiger partial charge in [-0.2, -0.15) is 0 Å². The Bertz CT molecular complexity index is 945. The molecule has 5 nitrogen and oxygen atoms in total. The molecule has 5 heteroatoms. The highest BCUT2D eigenvalue weighted by atomic mass is 16.2. The van der Waals surface area contributed by atoms with Crippen LogP contribution in [0.2, 0.25) is 0 Å². The molecule has 0 bridgehead atoms. The Balaban J connectivity index is 1.54. The molecular formula is C23H22N2O3. The molecule has 1 N–H and O–H groups in total. The lowest BCUT2D eigenvalue weighted by Gasteiger charge is -2.16. The first-order chi connectivity index (χ1) is 13.5. The van der Waals surface area contributed by atoms with Crippen LogP contribution in [0, 0.1) is 25.7 Å². The predicted octanol–water partition coefficient (Wildman–Crippen LogP) is 4.01. The minimum atomic E-state index is -0.260. The van der Waals surface area contributed by atoms with Crippen LogP contribution in [0.1, 0.15) is 34.3 Å². The van der Waals surface area contributed by atoms with Crippen molar-refractivity contribution in [1.82, 2.24) is 0 Å². The fraction of sp³-hybridized carbons (Fsp3) is 0.261. The zero-order valence-electron chi connectivity index (χ0n) is 15.9. The van der Waals surface area contributed by atoms with Gasteiger partial charge in [-0.1, -0.05) is 30.4 Å². The van der Waals surface area contributed by atoms with Gasteiger partial charge in [0.25, 0.3) is 5.91 Å². The van der Waals surface area contributed by atoms with Crippen LogP contribution in [-0.4, -0.2) is 17.7 Å². The number of benzene rings is 2. The smallest absolute Gasteiger partial charge is 0.255 e. The summed E-state index contributed by atoms with van der Waals surface area (Å²) in [6, 6.07) is 12.5. The molecule has 2 atom stereocenters. The summed E-state index contributed by atoms with van der Waals surface area (Å²) in [7, 11) is 0. The number of allylic oxidation sites excluding steroid dienone is 2. The number of carbonyl (C=O) groups excluding carboxylic acids is 3. The molecule has 2 aromatic carbocycles. The third-order valence-corrected chi connectivity index (χ3v) is 5.61. The minimum absolute atomic E-state index is 0.146. The molecule has 4 rings (SSSR count). The number of aryl methyl sites for hydroxylation is 2. The molecule has 0 spiro atoms. The van der Waals surface area contributed by atoms with Crippen LogP contribution in [0.5, 0.6) is 0 Å². The Morgan fingerprint density at radius 2 is 1.43 bits per heavy atom. The largest absolute Gasteiger partial charge is 0.322 e. The lowest BCUT2D eigenvalue weighted by Crippen LogP contribution is -2.30. The molecule has 1 aliphatic carbocycles. The number of nitrogens with zero attached hydrogens (tertiary/aromatic N) is 1. The van der Waals surface area contributed by atoms with Crippen LogP contribution in [0.3, 0.4) is 0 Å². The summed E-state index contributed by atoms with van der Waals surface area (Å²) >= 11 is 0. The normalized spacial score (nSPS) is 21.0. The topological polar surface area (TPSA) is 66.5 Å². The third-order valence-electron chi connectivity index (χ3n) is 5.61. The molecule has 0 saturated carbocycles. The number of amides is 3. The third kappa shape index (κ3) is 3.03. The first-order valence-electron chi connectivity index (χ1n) is 9.48. The fourth-order valence-electron chi connectivity index (χ4n) is 4.01. The second-order valence-electron chi connectivity index (χ2n) is 7.44. The van der Waals surface area contributed by atoms with Gasteiger partial charge in [0.1, 0.15) is 0 Å². The second kappa shape index (κ2) is 7.08. The molecule has 1 saturated heterocycles. The van der Waals surface area contributed by atoms with E-state index in [0.29, 0.717) is 24.1 Å². The maximum absolute atomic E-state index is 12.7. The molecule has 1 heterocycles. The highest BCUT2D eigenvalue weighted by Crippen LogP contribution is 2.37. The van der Waals surface area contributed by atoms with E-state index < -0.39 is 0 Å². The van der Waals surface area contributed by atoms with Crippen LogP contribution in [0.4, 0.5) is 11.4 Å². The van der Waals surface area contributed by atoms with E-state index in [9.17, 15) is 14.4 Å².